The predicted octanol–water partition coefficient (Wildman–Crippen LogP) is 2.21. The van der Waals surface area contributed by atoms with Gasteiger partial charge in [-0.1, -0.05) is 30.3 Å². The molecule has 1 unspecified atom stereocenters. The summed E-state index contributed by atoms with van der Waals surface area (Å²) in [4.78, 5) is 12.1. The molecule has 2 aromatic carbocycles. The van der Waals surface area contributed by atoms with Crippen LogP contribution in [0.25, 0.3) is 0 Å². The van der Waals surface area contributed by atoms with Crippen LogP contribution < -0.4 is 4.31 Å². The lowest BCUT2D eigenvalue weighted by Gasteiger charge is -2.29. The second-order valence-corrected chi connectivity index (χ2v) is 7.95. The topological polar surface area (TPSA) is 93.0 Å². The Kier molecular flexibility index (Phi) is 4.94. The number of rotatable bonds is 4. The number of nitrogens with zero attached hydrogens (tertiary/aromatic N) is 3. The van der Waals surface area contributed by atoms with Crippen molar-refractivity contribution in [1.29, 1.82) is 0 Å². The number of hydrogen-bond acceptors (Lipinski definition) is 6. The molecule has 2 aromatic rings. The van der Waals surface area contributed by atoms with E-state index in [0.717, 1.165) is 0 Å². The van der Waals surface area contributed by atoms with Crippen molar-refractivity contribution in [2.45, 2.75) is 17.7 Å². The molecular formula is C17H19N3O5S. The van der Waals surface area contributed by atoms with Gasteiger partial charge in [0.05, 0.1) is 23.8 Å². The van der Waals surface area contributed by atoms with Crippen LogP contribution in [0, 0.1) is 10.1 Å². The van der Waals surface area contributed by atoms with Gasteiger partial charge in [-0.15, -0.1) is 0 Å². The first kappa shape index (κ1) is 18.3. The zero-order valence-electron chi connectivity index (χ0n) is 14.4. The van der Waals surface area contributed by atoms with E-state index >= 15 is 0 Å². The van der Waals surface area contributed by atoms with Crippen LogP contribution in [0.4, 0.5) is 11.4 Å². The van der Waals surface area contributed by atoms with E-state index < -0.39 is 26.9 Å². The number of anilines is 1. The van der Waals surface area contributed by atoms with E-state index in [-0.39, 0.29) is 18.0 Å². The fourth-order valence-corrected chi connectivity index (χ4v) is 4.50. The number of fused-ring (bicyclic) bond motifs is 1. The summed E-state index contributed by atoms with van der Waals surface area (Å²) in [7, 11) is -0.580. The summed E-state index contributed by atoms with van der Waals surface area (Å²) >= 11 is 0. The Balaban J connectivity index is 2.17. The molecule has 0 saturated heterocycles. The summed E-state index contributed by atoms with van der Waals surface area (Å²) in [5.74, 6) is 0. The van der Waals surface area contributed by atoms with Gasteiger partial charge in [-0.05, 0) is 26.2 Å². The molecule has 0 saturated carbocycles. The highest BCUT2D eigenvalue weighted by molar-refractivity contribution is 7.93. The van der Waals surface area contributed by atoms with E-state index in [1.165, 1.54) is 28.6 Å². The molecule has 1 aliphatic heterocycles. The van der Waals surface area contributed by atoms with Crippen molar-refractivity contribution in [2.24, 2.45) is 0 Å². The molecule has 0 N–H and O–H groups in total. The summed E-state index contributed by atoms with van der Waals surface area (Å²) < 4.78 is 33.7. The first-order chi connectivity index (χ1) is 12.3. The molecule has 0 bridgehead atoms. The number of sulfonamides is 1. The number of ether oxygens (including phenoxy) is 1. The third-order valence-corrected chi connectivity index (χ3v) is 6.05. The minimum atomic E-state index is -4.16. The molecule has 1 aliphatic rings. The van der Waals surface area contributed by atoms with Crippen LogP contribution in [0.3, 0.4) is 0 Å². The molecule has 1 heterocycles. The van der Waals surface area contributed by atoms with Gasteiger partial charge >= 0.3 is 0 Å². The maximum absolute atomic E-state index is 13.3. The van der Waals surface area contributed by atoms with Crippen molar-refractivity contribution in [3.05, 3.63) is 64.2 Å². The molecule has 0 spiro atoms. The van der Waals surface area contributed by atoms with Gasteiger partial charge in [0.1, 0.15) is 6.23 Å². The molecule has 0 aliphatic carbocycles. The zero-order valence-corrected chi connectivity index (χ0v) is 15.2. The third-order valence-electron chi connectivity index (χ3n) is 4.22. The maximum Gasteiger partial charge on any atom is 0.289 e. The Morgan fingerprint density at radius 2 is 1.81 bits per heavy atom. The molecule has 138 valence electrons. The van der Waals surface area contributed by atoms with E-state index in [4.69, 9.17) is 4.74 Å². The first-order valence-electron chi connectivity index (χ1n) is 7.94. The van der Waals surface area contributed by atoms with Crippen molar-refractivity contribution >= 4 is 21.4 Å². The van der Waals surface area contributed by atoms with Crippen molar-refractivity contribution in [1.82, 2.24) is 4.90 Å². The van der Waals surface area contributed by atoms with Crippen LogP contribution in [0.2, 0.25) is 0 Å². The van der Waals surface area contributed by atoms with Crippen LogP contribution in [-0.2, 0) is 21.4 Å². The van der Waals surface area contributed by atoms with Gasteiger partial charge in [-0.3, -0.25) is 19.3 Å². The molecule has 1 atom stereocenters. The summed E-state index contributed by atoms with van der Waals surface area (Å²) in [6.07, 6.45) is -0.486. The Bertz CT molecular complexity index is 930. The second kappa shape index (κ2) is 7.02. The Hall–Kier alpha value is -2.49. The molecule has 9 heteroatoms. The van der Waals surface area contributed by atoms with Gasteiger partial charge in [0.15, 0.2) is 4.90 Å². The highest BCUT2D eigenvalue weighted by atomic mass is 32.2. The average molecular weight is 377 g/mol. The van der Waals surface area contributed by atoms with Crippen LogP contribution in [-0.4, -0.2) is 45.1 Å². The Morgan fingerprint density at radius 3 is 2.50 bits per heavy atom. The Labute approximate surface area is 151 Å². The molecule has 0 fully saturated rings. The van der Waals surface area contributed by atoms with Crippen molar-refractivity contribution in [2.75, 3.05) is 24.9 Å². The quantitative estimate of drug-likeness (QED) is 0.599. The van der Waals surface area contributed by atoms with Gasteiger partial charge in [-0.2, -0.15) is 0 Å². The fourth-order valence-electron chi connectivity index (χ4n) is 2.84. The summed E-state index contributed by atoms with van der Waals surface area (Å²) in [5, 5.41) is 11.3. The normalized spacial score (nSPS) is 17.7. The summed E-state index contributed by atoms with van der Waals surface area (Å²) in [6, 6.07) is 12.4. The van der Waals surface area contributed by atoms with E-state index in [1.54, 1.807) is 43.3 Å². The molecule has 8 nitrogen and oxygen atoms in total. The van der Waals surface area contributed by atoms with Gasteiger partial charge in [0, 0.05) is 11.6 Å². The van der Waals surface area contributed by atoms with Gasteiger partial charge in [0.2, 0.25) is 0 Å². The largest absolute Gasteiger partial charge is 0.356 e. The molecule has 3 rings (SSSR count). The Morgan fingerprint density at radius 1 is 1.15 bits per heavy atom. The number of nitro benzene ring substituents is 1. The number of benzene rings is 2. The van der Waals surface area contributed by atoms with Crippen molar-refractivity contribution < 1.29 is 18.1 Å². The zero-order chi connectivity index (χ0) is 18.9. The van der Waals surface area contributed by atoms with Gasteiger partial charge in [0.25, 0.3) is 15.7 Å². The van der Waals surface area contributed by atoms with Crippen molar-refractivity contribution in [3.63, 3.8) is 0 Å². The van der Waals surface area contributed by atoms with E-state index in [2.05, 4.69) is 0 Å². The fraction of sp³-hybridized carbons (Fsp3) is 0.294. The van der Waals surface area contributed by atoms with Crippen LogP contribution >= 0.6 is 0 Å². The van der Waals surface area contributed by atoms with E-state index in [0.29, 0.717) is 11.3 Å². The minimum absolute atomic E-state index is 0.0262. The van der Waals surface area contributed by atoms with Crippen LogP contribution in [0.15, 0.2) is 53.4 Å². The molecule has 26 heavy (non-hydrogen) atoms. The number of nitro groups is 1. The predicted molar refractivity (Wildman–Crippen MR) is 96.3 cm³/mol. The van der Waals surface area contributed by atoms with E-state index in [1.807, 2.05) is 0 Å². The third kappa shape index (κ3) is 3.28. The standard InChI is InChI=1S/C17H19N3O5S/c1-18(2)17-11-19(14-8-4-3-7-13(14)12-25-17)26(23,24)16-10-6-5-9-15(16)20(21)22/h3-10,17H,11-12H2,1-2H3. The lowest BCUT2D eigenvalue weighted by atomic mass is 10.2. The second-order valence-electron chi connectivity index (χ2n) is 6.12. The van der Waals surface area contributed by atoms with Gasteiger partial charge in [-0.25, -0.2) is 8.42 Å². The van der Waals surface area contributed by atoms with E-state index in [9.17, 15) is 18.5 Å². The SMILES string of the molecule is CN(C)C1CN(S(=O)(=O)c2ccccc2[N+](=O)[O-])c2ccccc2CO1. The smallest absolute Gasteiger partial charge is 0.289 e. The summed E-state index contributed by atoms with van der Waals surface area (Å²) in [6.45, 7) is 0.278. The minimum Gasteiger partial charge on any atom is -0.356 e. The molecule has 0 aromatic heterocycles. The maximum atomic E-state index is 13.3. The molecular weight excluding hydrogens is 358 g/mol. The lowest BCUT2D eigenvalue weighted by Crippen LogP contribution is -2.43. The number of hydrogen-bond donors (Lipinski definition) is 0. The highest BCUT2D eigenvalue weighted by Crippen LogP contribution is 2.34. The average Bonchev–Trinajstić information content (AvgIpc) is 2.82. The van der Waals surface area contributed by atoms with Crippen LogP contribution in [0.1, 0.15) is 5.56 Å². The molecule has 0 amide bonds. The monoisotopic (exact) mass is 377 g/mol. The lowest BCUT2D eigenvalue weighted by molar-refractivity contribution is -0.387. The number of likely N-dealkylation sites (N-methyl/N-ethyl adjacent to an activating group) is 1. The van der Waals surface area contributed by atoms with Crippen LogP contribution in [0.5, 0.6) is 0 Å². The van der Waals surface area contributed by atoms with Gasteiger partial charge < -0.3 is 4.74 Å². The number of para-hydroxylation sites is 2. The molecule has 0 radical (unpaired) electrons. The highest BCUT2D eigenvalue weighted by Gasteiger charge is 2.36. The summed E-state index contributed by atoms with van der Waals surface area (Å²) in [5.41, 5.74) is 0.727. The first-order valence-corrected chi connectivity index (χ1v) is 9.38. The van der Waals surface area contributed by atoms with Crippen molar-refractivity contribution in [3.8, 4) is 0 Å².